The molecule has 2 aliphatic heterocycles. The van der Waals surface area contributed by atoms with Crippen LogP contribution in [0.15, 0.2) is 43.1 Å². The fourth-order valence-electron chi connectivity index (χ4n) is 3.66. The zero-order valence-corrected chi connectivity index (χ0v) is 17.6. The Bertz CT molecular complexity index is 1100. The first-order chi connectivity index (χ1) is 16.0. The van der Waals surface area contributed by atoms with Gasteiger partial charge in [-0.15, -0.1) is 0 Å². The van der Waals surface area contributed by atoms with Crippen LogP contribution in [0.1, 0.15) is 10.4 Å². The number of hydrogen-bond donors (Lipinski definition) is 1. The summed E-state index contributed by atoms with van der Waals surface area (Å²) in [5.74, 6) is 1.36. The van der Waals surface area contributed by atoms with Gasteiger partial charge in [0.25, 0.3) is 5.91 Å². The van der Waals surface area contributed by atoms with Gasteiger partial charge in [0.1, 0.15) is 17.8 Å². The minimum Gasteiger partial charge on any atom is -0.352 e. The molecule has 0 spiro atoms. The summed E-state index contributed by atoms with van der Waals surface area (Å²) in [7, 11) is 0. The second kappa shape index (κ2) is 8.88. The first-order valence-electron chi connectivity index (χ1n) is 10.5. The Morgan fingerprint density at radius 1 is 0.818 bits per heavy atom. The second-order valence-electron chi connectivity index (χ2n) is 7.80. The quantitative estimate of drug-likeness (QED) is 0.616. The Balaban J connectivity index is 1.14. The van der Waals surface area contributed by atoms with Gasteiger partial charge in [-0.1, -0.05) is 0 Å². The fourth-order valence-corrected chi connectivity index (χ4v) is 3.66. The maximum Gasteiger partial charge on any atom is 0.258 e. The lowest BCUT2D eigenvalue weighted by molar-refractivity contribution is 0.102. The van der Waals surface area contributed by atoms with E-state index in [1.54, 1.807) is 18.3 Å². The molecule has 2 aliphatic rings. The Labute approximate surface area is 188 Å². The number of hydrogen-bond acceptors (Lipinski definition) is 9. The van der Waals surface area contributed by atoms with Gasteiger partial charge in [-0.05, 0) is 12.1 Å². The average Bonchev–Trinajstić information content (AvgIpc) is 2.83. The topological polar surface area (TPSA) is 103 Å². The smallest absolute Gasteiger partial charge is 0.258 e. The Morgan fingerprint density at radius 2 is 1.52 bits per heavy atom. The van der Waals surface area contributed by atoms with Crippen molar-refractivity contribution in [1.29, 1.82) is 0 Å². The summed E-state index contributed by atoms with van der Waals surface area (Å²) in [4.78, 5) is 39.3. The number of amides is 1. The minimum atomic E-state index is -0.816. The monoisotopic (exact) mass is 453 g/mol. The van der Waals surface area contributed by atoms with E-state index in [2.05, 4.69) is 35.1 Å². The van der Waals surface area contributed by atoms with Crippen LogP contribution in [0.4, 0.5) is 32.2 Å². The molecule has 10 nitrogen and oxygen atoms in total. The Morgan fingerprint density at radius 3 is 2.12 bits per heavy atom. The average molecular weight is 453 g/mol. The molecule has 0 aliphatic carbocycles. The summed E-state index contributed by atoms with van der Waals surface area (Å²) in [6, 6.07) is 3.35. The molecule has 1 amide bonds. The number of alkyl halides is 1. The normalized spacial score (nSPS) is 16.5. The number of carbonyl (C=O) groups excluding carboxylic acids is 1. The van der Waals surface area contributed by atoms with Crippen LogP contribution in [-0.2, 0) is 0 Å². The lowest BCUT2D eigenvalue weighted by atomic mass is 10.2. The highest BCUT2D eigenvalue weighted by Gasteiger charge is 2.27. The molecule has 0 bridgehead atoms. The molecule has 2 saturated heterocycles. The third kappa shape index (κ3) is 4.64. The number of rotatable bonds is 5. The molecule has 2 fully saturated rings. The first kappa shape index (κ1) is 20.9. The van der Waals surface area contributed by atoms with Gasteiger partial charge in [-0.2, -0.15) is 0 Å². The molecular weight excluding hydrogens is 432 g/mol. The standard InChI is InChI=1S/C21H21F2N9O/c22-15-8-27-21(28-9-15)31-5-3-30(4-6-31)19-11-24-17(10-26-19)29-20(33)14-1-2-18(25-7-14)32-12-16(23)13-32/h1-2,7-11,16H,3-6,12-13H2,(H,24,29,33). The lowest BCUT2D eigenvalue weighted by Gasteiger charge is -2.35. The predicted octanol–water partition coefficient (Wildman–Crippen LogP) is 1.54. The van der Waals surface area contributed by atoms with Crippen LogP contribution in [0.3, 0.4) is 0 Å². The second-order valence-corrected chi connectivity index (χ2v) is 7.80. The molecule has 5 rings (SSSR count). The molecule has 1 N–H and O–H groups in total. The maximum atomic E-state index is 13.0. The van der Waals surface area contributed by atoms with Gasteiger partial charge in [0.05, 0.1) is 43.4 Å². The third-order valence-corrected chi connectivity index (χ3v) is 5.54. The van der Waals surface area contributed by atoms with Gasteiger partial charge >= 0.3 is 0 Å². The Hall–Kier alpha value is -3.96. The third-order valence-electron chi connectivity index (χ3n) is 5.54. The van der Waals surface area contributed by atoms with Crippen molar-refractivity contribution in [2.24, 2.45) is 0 Å². The van der Waals surface area contributed by atoms with Crippen molar-refractivity contribution < 1.29 is 13.6 Å². The molecule has 0 atom stereocenters. The van der Waals surface area contributed by atoms with Crippen molar-refractivity contribution in [3.63, 3.8) is 0 Å². The van der Waals surface area contributed by atoms with Crippen molar-refractivity contribution in [2.75, 3.05) is 59.3 Å². The van der Waals surface area contributed by atoms with E-state index in [1.807, 2.05) is 9.80 Å². The number of anilines is 4. The summed E-state index contributed by atoms with van der Waals surface area (Å²) in [5.41, 5.74) is 0.376. The molecule has 0 unspecified atom stereocenters. The summed E-state index contributed by atoms with van der Waals surface area (Å²) in [5, 5.41) is 2.71. The fraction of sp³-hybridized carbons (Fsp3) is 0.333. The number of pyridine rings is 1. The van der Waals surface area contributed by atoms with Crippen LogP contribution in [0.25, 0.3) is 0 Å². The van der Waals surface area contributed by atoms with E-state index in [-0.39, 0.29) is 5.91 Å². The van der Waals surface area contributed by atoms with Gasteiger partial charge in [0.2, 0.25) is 5.95 Å². The highest BCUT2D eigenvalue weighted by molar-refractivity contribution is 6.03. The van der Waals surface area contributed by atoms with Crippen molar-refractivity contribution in [2.45, 2.75) is 6.17 Å². The maximum absolute atomic E-state index is 13.0. The van der Waals surface area contributed by atoms with Gasteiger partial charge < -0.3 is 20.0 Å². The van der Waals surface area contributed by atoms with Crippen molar-refractivity contribution in [3.8, 4) is 0 Å². The molecule has 0 radical (unpaired) electrons. The SMILES string of the molecule is O=C(Nc1cnc(N2CCN(c3ncc(F)cn3)CC2)cn1)c1ccc(N2CC(F)C2)nc1. The van der Waals surface area contributed by atoms with Crippen molar-refractivity contribution >= 4 is 29.3 Å². The van der Waals surface area contributed by atoms with Gasteiger partial charge in [-0.25, -0.2) is 33.7 Å². The van der Waals surface area contributed by atoms with Crippen LogP contribution < -0.4 is 20.0 Å². The molecule has 3 aromatic rings. The van der Waals surface area contributed by atoms with Crippen molar-refractivity contribution in [3.05, 3.63) is 54.5 Å². The van der Waals surface area contributed by atoms with E-state index in [4.69, 9.17) is 0 Å². The van der Waals surface area contributed by atoms with Crippen LogP contribution >= 0.6 is 0 Å². The van der Waals surface area contributed by atoms with Crippen LogP contribution in [0, 0.1) is 5.82 Å². The molecule has 0 saturated carbocycles. The molecule has 0 aromatic carbocycles. The zero-order valence-electron chi connectivity index (χ0n) is 17.6. The molecular formula is C21H21F2N9O. The molecule has 33 heavy (non-hydrogen) atoms. The molecule has 170 valence electrons. The Kier molecular flexibility index (Phi) is 5.63. The van der Waals surface area contributed by atoms with E-state index < -0.39 is 12.0 Å². The largest absolute Gasteiger partial charge is 0.352 e. The number of piperazine rings is 1. The van der Waals surface area contributed by atoms with Gasteiger partial charge in [-0.3, -0.25) is 4.79 Å². The zero-order chi connectivity index (χ0) is 22.8. The van der Waals surface area contributed by atoms with Crippen LogP contribution in [-0.4, -0.2) is 76.3 Å². The van der Waals surface area contributed by atoms with E-state index in [1.165, 1.54) is 12.4 Å². The summed E-state index contributed by atoms with van der Waals surface area (Å²) in [6.45, 7) is 3.35. The minimum absolute atomic E-state index is 0.328. The summed E-state index contributed by atoms with van der Waals surface area (Å²) < 4.78 is 26.0. The highest BCUT2D eigenvalue weighted by Crippen LogP contribution is 2.21. The predicted molar refractivity (Wildman–Crippen MR) is 118 cm³/mol. The van der Waals surface area contributed by atoms with Crippen LogP contribution in [0.5, 0.6) is 0 Å². The van der Waals surface area contributed by atoms with Crippen LogP contribution in [0.2, 0.25) is 0 Å². The molecule has 5 heterocycles. The number of nitrogens with zero attached hydrogens (tertiary/aromatic N) is 8. The van der Waals surface area contributed by atoms with E-state index in [9.17, 15) is 13.6 Å². The molecule has 12 heteroatoms. The van der Waals surface area contributed by atoms with E-state index in [0.29, 0.717) is 68.2 Å². The number of aromatic nitrogens is 5. The molecule has 3 aromatic heterocycles. The number of nitrogens with one attached hydrogen (secondary N) is 1. The number of carbonyl (C=O) groups is 1. The lowest BCUT2D eigenvalue weighted by Crippen LogP contribution is -2.48. The number of halogens is 2. The summed E-state index contributed by atoms with van der Waals surface area (Å²) >= 11 is 0. The van der Waals surface area contributed by atoms with E-state index >= 15 is 0 Å². The van der Waals surface area contributed by atoms with Crippen molar-refractivity contribution in [1.82, 2.24) is 24.9 Å². The van der Waals surface area contributed by atoms with E-state index in [0.717, 1.165) is 12.4 Å². The summed E-state index contributed by atoms with van der Waals surface area (Å²) in [6.07, 6.45) is 6.07. The first-order valence-corrected chi connectivity index (χ1v) is 10.5. The highest BCUT2D eigenvalue weighted by atomic mass is 19.1. The van der Waals surface area contributed by atoms with Gasteiger partial charge in [0, 0.05) is 32.4 Å². The van der Waals surface area contributed by atoms with Gasteiger partial charge in [0.15, 0.2) is 11.6 Å².